The van der Waals surface area contributed by atoms with E-state index in [-0.39, 0.29) is 24.5 Å². The molecule has 0 aliphatic carbocycles. The predicted molar refractivity (Wildman–Crippen MR) is 88.1 cm³/mol. The molecule has 3 rings (SSSR count). The summed E-state index contributed by atoms with van der Waals surface area (Å²) in [6.07, 6.45) is 0.270. The summed E-state index contributed by atoms with van der Waals surface area (Å²) < 4.78 is 4.89. The van der Waals surface area contributed by atoms with Crippen LogP contribution in [0.5, 0.6) is 0 Å². The zero-order valence-electron chi connectivity index (χ0n) is 12.3. The summed E-state index contributed by atoms with van der Waals surface area (Å²) in [7, 11) is 0. The van der Waals surface area contributed by atoms with Gasteiger partial charge in [-0.2, -0.15) is 0 Å². The summed E-state index contributed by atoms with van der Waals surface area (Å²) in [6, 6.07) is 8.52. The second-order valence-electron chi connectivity index (χ2n) is 5.11. The normalized spacial score (nSPS) is 10.8. The van der Waals surface area contributed by atoms with Crippen molar-refractivity contribution in [1.29, 1.82) is 0 Å². The van der Waals surface area contributed by atoms with Crippen molar-refractivity contribution in [2.24, 2.45) is 0 Å². The fraction of sp³-hybridized carbons (Fsp3) is 0.188. The second-order valence-corrected chi connectivity index (χ2v) is 6.40. The SMILES string of the molecule is Cc1ccc(C(=O)CCC(=O)Nc2ccc3oc(=O)[nH]c3c2)s1. The van der Waals surface area contributed by atoms with Gasteiger partial charge in [-0.15, -0.1) is 11.3 Å². The molecule has 2 heterocycles. The first-order valence-corrected chi connectivity index (χ1v) is 7.85. The van der Waals surface area contributed by atoms with Gasteiger partial charge in [-0.25, -0.2) is 4.79 Å². The molecule has 0 aliphatic heterocycles. The quantitative estimate of drug-likeness (QED) is 0.703. The third kappa shape index (κ3) is 3.57. The molecule has 0 spiro atoms. The van der Waals surface area contributed by atoms with E-state index in [4.69, 9.17) is 4.42 Å². The Morgan fingerprint density at radius 2 is 2.04 bits per heavy atom. The minimum Gasteiger partial charge on any atom is -0.408 e. The molecule has 23 heavy (non-hydrogen) atoms. The van der Waals surface area contributed by atoms with E-state index in [1.807, 2.05) is 13.0 Å². The summed E-state index contributed by atoms with van der Waals surface area (Å²) in [6.45, 7) is 1.94. The van der Waals surface area contributed by atoms with Crippen LogP contribution >= 0.6 is 11.3 Å². The Bertz CT molecular complexity index is 935. The molecule has 0 radical (unpaired) electrons. The Labute approximate surface area is 135 Å². The number of amides is 1. The summed E-state index contributed by atoms with van der Waals surface area (Å²) >= 11 is 1.43. The van der Waals surface area contributed by atoms with E-state index in [1.165, 1.54) is 11.3 Å². The first kappa shape index (κ1) is 15.2. The third-order valence-corrected chi connectivity index (χ3v) is 4.34. The minimum atomic E-state index is -0.541. The number of carbonyl (C=O) groups is 2. The standard InChI is InChI=1S/C16H14N2O4S/c1-9-2-6-14(23-9)12(19)4-7-15(20)17-10-3-5-13-11(8-10)18-16(21)22-13/h2-3,5-6,8H,4,7H2,1H3,(H,17,20)(H,18,21). The van der Waals surface area contributed by atoms with Crippen molar-refractivity contribution < 1.29 is 14.0 Å². The lowest BCUT2D eigenvalue weighted by molar-refractivity contribution is -0.116. The van der Waals surface area contributed by atoms with Crippen molar-refractivity contribution in [2.75, 3.05) is 5.32 Å². The van der Waals surface area contributed by atoms with Crippen LogP contribution < -0.4 is 11.1 Å². The van der Waals surface area contributed by atoms with Crippen LogP contribution in [0.4, 0.5) is 5.69 Å². The molecule has 7 heteroatoms. The number of nitrogens with one attached hydrogen (secondary N) is 2. The summed E-state index contributed by atoms with van der Waals surface area (Å²) in [5, 5.41) is 2.70. The number of rotatable bonds is 5. The van der Waals surface area contributed by atoms with E-state index in [0.29, 0.717) is 21.7 Å². The van der Waals surface area contributed by atoms with Gasteiger partial charge in [0, 0.05) is 23.4 Å². The molecule has 0 unspecified atom stereocenters. The predicted octanol–water partition coefficient (Wildman–Crippen LogP) is 3.09. The van der Waals surface area contributed by atoms with Gasteiger partial charge in [-0.05, 0) is 37.3 Å². The number of aryl methyl sites for hydroxylation is 1. The molecule has 0 bridgehead atoms. The lowest BCUT2D eigenvalue weighted by Gasteiger charge is -2.04. The Kier molecular flexibility index (Phi) is 4.12. The summed E-state index contributed by atoms with van der Waals surface area (Å²) in [5.74, 6) is -0.829. The Morgan fingerprint density at radius 1 is 1.22 bits per heavy atom. The van der Waals surface area contributed by atoms with E-state index in [1.54, 1.807) is 24.3 Å². The van der Waals surface area contributed by atoms with Gasteiger partial charge in [0.2, 0.25) is 5.91 Å². The summed E-state index contributed by atoms with van der Waals surface area (Å²) in [4.78, 5) is 39.3. The molecule has 3 aromatic rings. The van der Waals surface area contributed by atoms with Gasteiger partial charge >= 0.3 is 5.76 Å². The van der Waals surface area contributed by atoms with Crippen molar-refractivity contribution in [1.82, 2.24) is 4.98 Å². The first-order chi connectivity index (χ1) is 11.0. The average molecular weight is 330 g/mol. The molecule has 0 aliphatic rings. The number of thiophene rings is 1. The van der Waals surface area contributed by atoms with Crippen molar-refractivity contribution in [3.05, 3.63) is 50.6 Å². The molecule has 0 fully saturated rings. The molecule has 2 N–H and O–H groups in total. The van der Waals surface area contributed by atoms with Crippen molar-refractivity contribution in [3.63, 3.8) is 0 Å². The zero-order chi connectivity index (χ0) is 16.4. The lowest BCUT2D eigenvalue weighted by Crippen LogP contribution is -2.13. The lowest BCUT2D eigenvalue weighted by atomic mass is 10.2. The maximum absolute atomic E-state index is 12.0. The van der Waals surface area contributed by atoms with E-state index >= 15 is 0 Å². The highest BCUT2D eigenvalue weighted by molar-refractivity contribution is 7.14. The van der Waals surface area contributed by atoms with Crippen LogP contribution in [0.3, 0.4) is 0 Å². The fourth-order valence-electron chi connectivity index (χ4n) is 2.19. The Balaban J connectivity index is 1.59. The van der Waals surface area contributed by atoms with Crippen molar-refractivity contribution >= 4 is 39.8 Å². The second kappa shape index (κ2) is 6.21. The molecule has 118 valence electrons. The smallest absolute Gasteiger partial charge is 0.408 e. The third-order valence-electron chi connectivity index (χ3n) is 3.30. The molecule has 0 saturated heterocycles. The highest BCUT2D eigenvalue weighted by Crippen LogP contribution is 2.19. The van der Waals surface area contributed by atoms with Crippen LogP contribution in [-0.4, -0.2) is 16.7 Å². The van der Waals surface area contributed by atoms with Crippen LogP contribution in [0.1, 0.15) is 27.4 Å². The van der Waals surface area contributed by atoms with Gasteiger partial charge in [-0.1, -0.05) is 0 Å². The molecular weight excluding hydrogens is 316 g/mol. The number of fused-ring (bicyclic) bond motifs is 1. The highest BCUT2D eigenvalue weighted by Gasteiger charge is 2.11. The van der Waals surface area contributed by atoms with Crippen LogP contribution in [-0.2, 0) is 4.79 Å². The fourth-order valence-corrected chi connectivity index (χ4v) is 3.02. The van der Waals surface area contributed by atoms with Crippen molar-refractivity contribution in [2.45, 2.75) is 19.8 Å². The number of oxazole rings is 1. The van der Waals surface area contributed by atoms with Crippen LogP contribution in [0, 0.1) is 6.92 Å². The monoisotopic (exact) mass is 330 g/mol. The minimum absolute atomic E-state index is 0.0344. The number of aromatic amines is 1. The molecule has 6 nitrogen and oxygen atoms in total. The maximum Gasteiger partial charge on any atom is 0.417 e. The number of Topliss-reactive ketones (excluding diaryl/α,β-unsaturated/α-hetero) is 1. The molecule has 2 aromatic heterocycles. The van der Waals surface area contributed by atoms with Gasteiger partial charge in [0.25, 0.3) is 0 Å². The largest absolute Gasteiger partial charge is 0.417 e. The number of anilines is 1. The maximum atomic E-state index is 12.0. The van der Waals surface area contributed by atoms with Crippen LogP contribution in [0.25, 0.3) is 11.1 Å². The number of benzene rings is 1. The number of hydrogen-bond acceptors (Lipinski definition) is 5. The van der Waals surface area contributed by atoms with Crippen molar-refractivity contribution in [3.8, 4) is 0 Å². The highest BCUT2D eigenvalue weighted by atomic mass is 32.1. The average Bonchev–Trinajstić information content (AvgIpc) is 3.09. The zero-order valence-corrected chi connectivity index (χ0v) is 13.2. The van der Waals surface area contributed by atoms with E-state index in [9.17, 15) is 14.4 Å². The molecular formula is C16H14N2O4S. The molecule has 0 saturated carbocycles. The molecule has 1 amide bonds. The van der Waals surface area contributed by atoms with E-state index < -0.39 is 5.76 Å². The number of ketones is 1. The molecule has 0 atom stereocenters. The number of carbonyl (C=O) groups excluding carboxylic acids is 2. The van der Waals surface area contributed by atoms with Crippen LogP contribution in [0.15, 0.2) is 39.5 Å². The summed E-state index contributed by atoms with van der Waals surface area (Å²) in [5.41, 5.74) is 1.48. The number of aromatic nitrogens is 1. The molecule has 1 aromatic carbocycles. The van der Waals surface area contributed by atoms with Gasteiger partial charge < -0.3 is 9.73 Å². The van der Waals surface area contributed by atoms with Gasteiger partial charge in [-0.3, -0.25) is 14.6 Å². The first-order valence-electron chi connectivity index (χ1n) is 7.03. The van der Waals surface area contributed by atoms with Crippen LogP contribution in [0.2, 0.25) is 0 Å². The van der Waals surface area contributed by atoms with E-state index in [2.05, 4.69) is 10.3 Å². The Morgan fingerprint density at radius 3 is 2.78 bits per heavy atom. The van der Waals surface area contributed by atoms with Gasteiger partial charge in [0.1, 0.15) is 0 Å². The number of H-pyrrole nitrogens is 1. The Hall–Kier alpha value is -2.67. The van der Waals surface area contributed by atoms with E-state index in [0.717, 1.165) is 4.88 Å². The van der Waals surface area contributed by atoms with Gasteiger partial charge in [0.15, 0.2) is 11.4 Å². The topological polar surface area (TPSA) is 92.2 Å². The van der Waals surface area contributed by atoms with Gasteiger partial charge in [0.05, 0.1) is 10.4 Å². The number of hydrogen-bond donors (Lipinski definition) is 2.